The number of nitrogens with one attached hydrogen (secondary N) is 1. The molecule has 6 nitrogen and oxygen atoms in total. The Labute approximate surface area is 195 Å². The van der Waals surface area contributed by atoms with Gasteiger partial charge in [0, 0.05) is 16.6 Å². The van der Waals surface area contributed by atoms with Crippen LogP contribution >= 0.6 is 23.2 Å². The van der Waals surface area contributed by atoms with Crippen molar-refractivity contribution in [1.29, 1.82) is 0 Å². The van der Waals surface area contributed by atoms with Crippen LogP contribution in [0.1, 0.15) is 5.56 Å². The van der Waals surface area contributed by atoms with Crippen LogP contribution in [0.15, 0.2) is 71.6 Å². The molecule has 0 saturated heterocycles. The molecule has 32 heavy (non-hydrogen) atoms. The van der Waals surface area contributed by atoms with Gasteiger partial charge in [-0.1, -0.05) is 29.3 Å². The normalized spacial score (nSPS) is 11.1. The lowest BCUT2D eigenvalue weighted by molar-refractivity contribution is -0.119. The zero-order valence-corrected chi connectivity index (χ0v) is 19.2. The third kappa shape index (κ3) is 5.70. The van der Waals surface area contributed by atoms with Gasteiger partial charge in [0.15, 0.2) is 0 Å². The van der Waals surface area contributed by atoms with E-state index in [1.54, 1.807) is 18.2 Å². The lowest BCUT2D eigenvalue weighted by atomic mass is 10.2. The fourth-order valence-corrected chi connectivity index (χ4v) is 4.74. The molecule has 0 aliphatic rings. The number of rotatable bonds is 8. The zero-order valence-electron chi connectivity index (χ0n) is 16.9. The first-order chi connectivity index (χ1) is 15.2. The van der Waals surface area contributed by atoms with Crippen molar-refractivity contribution in [2.45, 2.75) is 11.4 Å². The third-order valence-electron chi connectivity index (χ3n) is 4.54. The summed E-state index contributed by atoms with van der Waals surface area (Å²) in [5, 5.41) is 3.48. The summed E-state index contributed by atoms with van der Waals surface area (Å²) in [7, 11) is -2.67. The molecule has 1 amide bonds. The summed E-state index contributed by atoms with van der Waals surface area (Å²) in [6.45, 7) is -0.445. The summed E-state index contributed by atoms with van der Waals surface area (Å²) in [5.74, 6) is -0.621. The van der Waals surface area contributed by atoms with Crippen LogP contribution < -0.4 is 14.4 Å². The first-order valence-corrected chi connectivity index (χ1v) is 11.5. The second-order valence-corrected chi connectivity index (χ2v) is 9.38. The molecule has 10 heteroatoms. The molecule has 0 atom stereocenters. The number of anilines is 1. The molecule has 0 aromatic heterocycles. The largest absolute Gasteiger partial charge is 0.497 e. The summed E-state index contributed by atoms with van der Waals surface area (Å²) in [6.07, 6.45) is 0. The Bertz CT molecular complexity index is 1200. The van der Waals surface area contributed by atoms with E-state index in [9.17, 15) is 17.6 Å². The van der Waals surface area contributed by atoms with Crippen molar-refractivity contribution >= 4 is 44.8 Å². The van der Waals surface area contributed by atoms with Crippen LogP contribution in [-0.4, -0.2) is 28.0 Å². The summed E-state index contributed by atoms with van der Waals surface area (Å²) in [5.41, 5.74) is 0.762. The molecule has 168 valence electrons. The van der Waals surface area contributed by atoms with E-state index in [1.807, 2.05) is 0 Å². The Kier molecular flexibility index (Phi) is 7.60. The average molecular weight is 497 g/mol. The highest BCUT2D eigenvalue weighted by atomic mass is 35.5. The summed E-state index contributed by atoms with van der Waals surface area (Å²) < 4.78 is 46.0. The van der Waals surface area contributed by atoms with Crippen LogP contribution in [0.5, 0.6) is 5.75 Å². The van der Waals surface area contributed by atoms with Crippen molar-refractivity contribution in [3.63, 3.8) is 0 Å². The van der Waals surface area contributed by atoms with Gasteiger partial charge in [0.25, 0.3) is 10.0 Å². The number of halogens is 3. The van der Waals surface area contributed by atoms with Gasteiger partial charge in [-0.25, -0.2) is 12.8 Å². The summed E-state index contributed by atoms with van der Waals surface area (Å²) in [4.78, 5) is 12.6. The maximum absolute atomic E-state index is 13.4. The van der Waals surface area contributed by atoms with Gasteiger partial charge in [0.2, 0.25) is 5.91 Å². The SMILES string of the molecule is COc1ccc(S(=O)(=O)N(CC(=O)NCc2ccc(Cl)cc2Cl)c2ccc(F)cc2)cc1. The van der Waals surface area contributed by atoms with E-state index in [1.165, 1.54) is 43.5 Å². The number of ether oxygens (including phenoxy) is 1. The standard InChI is InChI=1S/C22H19Cl2FN2O4S/c1-31-19-8-10-20(11-9-19)32(29,30)27(18-6-4-17(25)5-7-18)14-22(28)26-13-15-2-3-16(23)12-21(15)24/h2-12H,13-14H2,1H3,(H,26,28). The van der Waals surface area contributed by atoms with Crippen molar-refractivity contribution in [3.05, 3.63) is 88.2 Å². The number of benzene rings is 3. The zero-order chi connectivity index (χ0) is 23.3. The van der Waals surface area contributed by atoms with Gasteiger partial charge in [-0.3, -0.25) is 9.10 Å². The molecule has 0 aliphatic carbocycles. The van der Waals surface area contributed by atoms with Gasteiger partial charge in [-0.05, 0) is 66.2 Å². The second-order valence-electron chi connectivity index (χ2n) is 6.68. The van der Waals surface area contributed by atoms with Gasteiger partial charge >= 0.3 is 0 Å². The van der Waals surface area contributed by atoms with Crippen molar-refractivity contribution in [1.82, 2.24) is 5.32 Å². The second kappa shape index (κ2) is 10.2. The first-order valence-electron chi connectivity index (χ1n) is 9.33. The predicted octanol–water partition coefficient (Wildman–Crippen LogP) is 4.65. The van der Waals surface area contributed by atoms with Crippen LogP contribution in [-0.2, 0) is 21.4 Å². The Morgan fingerprint density at radius 3 is 2.28 bits per heavy atom. The number of amides is 1. The molecule has 0 heterocycles. The molecule has 0 fully saturated rings. The van der Waals surface area contributed by atoms with Crippen LogP contribution in [0.2, 0.25) is 10.0 Å². The van der Waals surface area contributed by atoms with Gasteiger partial charge in [0.1, 0.15) is 18.1 Å². The predicted molar refractivity (Wildman–Crippen MR) is 122 cm³/mol. The molecular weight excluding hydrogens is 478 g/mol. The highest BCUT2D eigenvalue weighted by Crippen LogP contribution is 2.25. The van der Waals surface area contributed by atoms with Crippen molar-refractivity contribution in [3.8, 4) is 5.75 Å². The quantitative estimate of drug-likeness (QED) is 0.492. The number of hydrogen-bond donors (Lipinski definition) is 1. The van der Waals surface area contributed by atoms with Crippen molar-refractivity contribution in [2.75, 3.05) is 18.0 Å². The van der Waals surface area contributed by atoms with Gasteiger partial charge in [-0.15, -0.1) is 0 Å². The monoisotopic (exact) mass is 496 g/mol. The van der Waals surface area contributed by atoms with Crippen LogP contribution in [0.4, 0.5) is 10.1 Å². The molecular formula is C22H19Cl2FN2O4S. The summed E-state index contributed by atoms with van der Waals surface area (Å²) in [6, 6.07) is 15.4. The Morgan fingerprint density at radius 1 is 1.03 bits per heavy atom. The number of sulfonamides is 1. The van der Waals surface area contributed by atoms with Gasteiger partial charge in [0.05, 0.1) is 17.7 Å². The lowest BCUT2D eigenvalue weighted by Crippen LogP contribution is -2.40. The molecule has 0 aliphatic heterocycles. The lowest BCUT2D eigenvalue weighted by Gasteiger charge is -2.24. The molecule has 0 saturated carbocycles. The van der Waals surface area contributed by atoms with Crippen LogP contribution in [0.3, 0.4) is 0 Å². The van der Waals surface area contributed by atoms with E-state index >= 15 is 0 Å². The third-order valence-corrected chi connectivity index (χ3v) is 6.92. The van der Waals surface area contributed by atoms with Gasteiger partial charge < -0.3 is 10.1 Å². The van der Waals surface area contributed by atoms with Crippen molar-refractivity contribution in [2.24, 2.45) is 0 Å². The Hall–Kier alpha value is -2.81. The van der Waals surface area contributed by atoms with E-state index in [0.717, 1.165) is 16.4 Å². The Balaban J connectivity index is 1.85. The maximum atomic E-state index is 13.4. The maximum Gasteiger partial charge on any atom is 0.264 e. The highest BCUT2D eigenvalue weighted by Gasteiger charge is 2.27. The van der Waals surface area contributed by atoms with E-state index in [0.29, 0.717) is 21.4 Å². The molecule has 3 aromatic rings. The van der Waals surface area contributed by atoms with E-state index in [4.69, 9.17) is 27.9 Å². The molecule has 1 N–H and O–H groups in total. The molecule has 3 rings (SSSR count). The topological polar surface area (TPSA) is 75.7 Å². The van der Waals surface area contributed by atoms with Crippen LogP contribution in [0.25, 0.3) is 0 Å². The van der Waals surface area contributed by atoms with Gasteiger partial charge in [-0.2, -0.15) is 0 Å². The first kappa shape index (κ1) is 23.8. The molecule has 0 bridgehead atoms. The minimum absolute atomic E-state index is 0.0452. The van der Waals surface area contributed by atoms with E-state index < -0.39 is 28.3 Å². The number of nitrogens with zero attached hydrogens (tertiary/aromatic N) is 1. The Morgan fingerprint density at radius 2 is 1.69 bits per heavy atom. The smallest absolute Gasteiger partial charge is 0.264 e. The van der Waals surface area contributed by atoms with Crippen molar-refractivity contribution < 1.29 is 22.3 Å². The van der Waals surface area contributed by atoms with E-state index in [2.05, 4.69) is 5.32 Å². The van der Waals surface area contributed by atoms with E-state index in [-0.39, 0.29) is 17.1 Å². The molecule has 0 unspecified atom stereocenters. The van der Waals surface area contributed by atoms with Crippen LogP contribution in [0, 0.1) is 5.82 Å². The number of hydrogen-bond acceptors (Lipinski definition) is 4. The average Bonchev–Trinajstić information content (AvgIpc) is 2.77. The fraction of sp³-hybridized carbons (Fsp3) is 0.136. The molecule has 3 aromatic carbocycles. The minimum atomic E-state index is -4.13. The number of carbonyl (C=O) groups excluding carboxylic acids is 1. The molecule has 0 spiro atoms. The number of carbonyl (C=O) groups is 1. The fourth-order valence-electron chi connectivity index (χ4n) is 2.84. The minimum Gasteiger partial charge on any atom is -0.497 e. The highest BCUT2D eigenvalue weighted by molar-refractivity contribution is 7.92. The number of methoxy groups -OCH3 is 1. The summed E-state index contributed by atoms with van der Waals surface area (Å²) >= 11 is 12.0. The molecule has 0 radical (unpaired) electrons.